The molecular weight excluding hydrogens is 218 g/mol. The third-order valence-electron chi connectivity index (χ3n) is 2.76. The Hall–Kier alpha value is -0.510. The lowest BCUT2D eigenvalue weighted by Crippen LogP contribution is -2.24. The predicted molar refractivity (Wildman–Crippen MR) is 70.8 cm³/mol. The van der Waals surface area contributed by atoms with Gasteiger partial charge in [-0.1, -0.05) is 19.1 Å². The van der Waals surface area contributed by atoms with Crippen molar-refractivity contribution in [3.05, 3.63) is 29.8 Å². The summed E-state index contributed by atoms with van der Waals surface area (Å²) in [5.74, 6) is 0.380. The van der Waals surface area contributed by atoms with Crippen LogP contribution in [0.25, 0.3) is 0 Å². The third-order valence-corrected chi connectivity index (χ3v) is 3.50. The number of aliphatic hydroxyl groups is 1. The van der Waals surface area contributed by atoms with E-state index in [9.17, 15) is 0 Å². The third kappa shape index (κ3) is 4.56. The largest absolute Gasteiger partial charge is 0.396 e. The van der Waals surface area contributed by atoms with Gasteiger partial charge in [-0.15, -0.1) is 11.8 Å². The van der Waals surface area contributed by atoms with Gasteiger partial charge in [-0.05, 0) is 36.3 Å². The maximum Gasteiger partial charge on any atom is 0.0471 e. The highest BCUT2D eigenvalue weighted by Crippen LogP contribution is 2.14. The van der Waals surface area contributed by atoms with Gasteiger partial charge in [0.25, 0.3) is 0 Å². The molecule has 0 amide bonds. The molecule has 90 valence electrons. The van der Waals surface area contributed by atoms with Crippen molar-refractivity contribution < 1.29 is 5.11 Å². The van der Waals surface area contributed by atoms with E-state index in [-0.39, 0.29) is 6.61 Å². The molecule has 0 fully saturated rings. The minimum atomic E-state index is 0.273. The second kappa shape index (κ2) is 7.71. The van der Waals surface area contributed by atoms with Gasteiger partial charge in [-0.2, -0.15) is 0 Å². The first kappa shape index (κ1) is 13.6. The first-order valence-electron chi connectivity index (χ1n) is 5.74. The number of aliphatic hydroxyl groups excluding tert-OH is 1. The van der Waals surface area contributed by atoms with E-state index in [1.165, 1.54) is 10.5 Å². The van der Waals surface area contributed by atoms with E-state index in [0.29, 0.717) is 5.92 Å². The van der Waals surface area contributed by atoms with Crippen LogP contribution < -0.4 is 5.32 Å². The number of hydrogen-bond donors (Lipinski definition) is 2. The van der Waals surface area contributed by atoms with Crippen LogP contribution in [-0.4, -0.2) is 24.5 Å². The Labute approximate surface area is 102 Å². The van der Waals surface area contributed by atoms with Gasteiger partial charge < -0.3 is 10.4 Å². The zero-order valence-electron chi connectivity index (χ0n) is 10.1. The summed E-state index contributed by atoms with van der Waals surface area (Å²) in [7, 11) is 0. The fourth-order valence-corrected chi connectivity index (χ4v) is 1.91. The van der Waals surface area contributed by atoms with Gasteiger partial charge >= 0.3 is 0 Å². The van der Waals surface area contributed by atoms with Crippen LogP contribution >= 0.6 is 11.8 Å². The molecule has 0 bridgehead atoms. The molecule has 1 unspecified atom stereocenters. The number of benzene rings is 1. The molecule has 1 rings (SSSR count). The number of nitrogens with one attached hydrogen (secondary N) is 1. The van der Waals surface area contributed by atoms with Crippen LogP contribution in [0.2, 0.25) is 0 Å². The van der Waals surface area contributed by atoms with Crippen LogP contribution in [0.4, 0.5) is 0 Å². The molecule has 1 aromatic rings. The highest BCUT2D eigenvalue weighted by atomic mass is 32.2. The maximum atomic E-state index is 9.05. The summed E-state index contributed by atoms with van der Waals surface area (Å²) in [6.45, 7) is 4.15. The standard InChI is InChI=1S/C13H21NOS/c1-3-11(10-15)8-14-9-12-4-6-13(16-2)7-5-12/h4-7,11,14-15H,3,8-10H2,1-2H3. The van der Waals surface area contributed by atoms with Crippen LogP contribution in [-0.2, 0) is 6.54 Å². The van der Waals surface area contributed by atoms with E-state index >= 15 is 0 Å². The van der Waals surface area contributed by atoms with Gasteiger partial charge in [0.2, 0.25) is 0 Å². The lowest BCUT2D eigenvalue weighted by molar-refractivity contribution is 0.218. The van der Waals surface area contributed by atoms with Crippen LogP contribution in [0.1, 0.15) is 18.9 Å². The quantitative estimate of drug-likeness (QED) is 0.717. The van der Waals surface area contributed by atoms with Crippen molar-refractivity contribution in [3.63, 3.8) is 0 Å². The molecule has 0 aliphatic carbocycles. The number of rotatable bonds is 7. The second-order valence-electron chi connectivity index (χ2n) is 3.94. The van der Waals surface area contributed by atoms with Crippen molar-refractivity contribution in [2.24, 2.45) is 5.92 Å². The Morgan fingerprint density at radius 2 is 2.00 bits per heavy atom. The molecule has 16 heavy (non-hydrogen) atoms. The van der Waals surface area contributed by atoms with E-state index in [1.54, 1.807) is 11.8 Å². The van der Waals surface area contributed by atoms with Gasteiger partial charge in [0, 0.05) is 24.6 Å². The summed E-state index contributed by atoms with van der Waals surface area (Å²) >= 11 is 1.76. The van der Waals surface area contributed by atoms with Gasteiger partial charge in [-0.25, -0.2) is 0 Å². The van der Waals surface area contributed by atoms with Crippen LogP contribution in [0.3, 0.4) is 0 Å². The Morgan fingerprint density at radius 1 is 1.31 bits per heavy atom. The van der Waals surface area contributed by atoms with Crippen molar-refractivity contribution in [1.82, 2.24) is 5.32 Å². The topological polar surface area (TPSA) is 32.3 Å². The minimum absolute atomic E-state index is 0.273. The molecular formula is C13H21NOS. The molecule has 2 nitrogen and oxygen atoms in total. The maximum absolute atomic E-state index is 9.05. The first-order chi connectivity index (χ1) is 7.80. The van der Waals surface area contributed by atoms with E-state index < -0.39 is 0 Å². The molecule has 3 heteroatoms. The van der Waals surface area contributed by atoms with E-state index in [1.807, 2.05) is 0 Å². The van der Waals surface area contributed by atoms with Crippen LogP contribution in [0.5, 0.6) is 0 Å². The average molecular weight is 239 g/mol. The molecule has 0 saturated carbocycles. The molecule has 0 heterocycles. The number of hydrogen-bond acceptors (Lipinski definition) is 3. The summed E-state index contributed by atoms with van der Waals surface area (Å²) in [4.78, 5) is 1.30. The molecule has 0 aliphatic rings. The lowest BCUT2D eigenvalue weighted by atomic mass is 10.1. The fourth-order valence-electron chi connectivity index (χ4n) is 1.50. The smallest absolute Gasteiger partial charge is 0.0471 e. The summed E-state index contributed by atoms with van der Waals surface area (Å²) in [6.07, 6.45) is 3.11. The van der Waals surface area contributed by atoms with Crippen LogP contribution in [0.15, 0.2) is 29.2 Å². The molecule has 1 atom stereocenters. The molecule has 0 radical (unpaired) electrons. The monoisotopic (exact) mass is 239 g/mol. The summed E-state index contributed by atoms with van der Waals surface area (Å²) in [5.41, 5.74) is 1.30. The zero-order chi connectivity index (χ0) is 11.8. The van der Waals surface area contributed by atoms with Crippen molar-refractivity contribution in [3.8, 4) is 0 Å². The second-order valence-corrected chi connectivity index (χ2v) is 4.82. The average Bonchev–Trinajstić information content (AvgIpc) is 2.35. The summed E-state index contributed by atoms with van der Waals surface area (Å²) < 4.78 is 0. The lowest BCUT2D eigenvalue weighted by Gasteiger charge is -2.12. The van der Waals surface area contributed by atoms with Crippen molar-refractivity contribution in [1.29, 1.82) is 0 Å². The summed E-state index contributed by atoms with van der Waals surface area (Å²) in [5, 5.41) is 12.4. The van der Waals surface area contributed by atoms with Crippen LogP contribution in [0, 0.1) is 5.92 Å². The SMILES string of the molecule is CCC(CO)CNCc1ccc(SC)cc1. The van der Waals surface area contributed by atoms with E-state index in [4.69, 9.17) is 5.11 Å². The van der Waals surface area contributed by atoms with Gasteiger partial charge in [0.15, 0.2) is 0 Å². The highest BCUT2D eigenvalue weighted by molar-refractivity contribution is 7.98. The van der Waals surface area contributed by atoms with Gasteiger partial charge in [-0.3, -0.25) is 0 Å². The molecule has 0 aromatic heterocycles. The molecule has 2 N–H and O–H groups in total. The molecule has 0 spiro atoms. The van der Waals surface area contributed by atoms with Gasteiger partial charge in [0.05, 0.1) is 0 Å². The van der Waals surface area contributed by atoms with Crippen molar-refractivity contribution in [2.45, 2.75) is 24.8 Å². The molecule has 1 aromatic carbocycles. The van der Waals surface area contributed by atoms with Gasteiger partial charge in [0.1, 0.15) is 0 Å². The van der Waals surface area contributed by atoms with Crippen molar-refractivity contribution >= 4 is 11.8 Å². The summed E-state index contributed by atoms with van der Waals surface area (Å²) in [6, 6.07) is 8.59. The molecule has 0 saturated heterocycles. The molecule has 0 aliphatic heterocycles. The normalized spacial score (nSPS) is 12.7. The fraction of sp³-hybridized carbons (Fsp3) is 0.538. The van der Waals surface area contributed by atoms with Crippen molar-refractivity contribution in [2.75, 3.05) is 19.4 Å². The Balaban J connectivity index is 2.31. The minimum Gasteiger partial charge on any atom is -0.396 e. The zero-order valence-corrected chi connectivity index (χ0v) is 10.9. The Bertz CT molecular complexity index is 282. The van der Waals surface area contributed by atoms with E-state index in [2.05, 4.69) is 42.8 Å². The Kier molecular flexibility index (Phi) is 6.53. The number of thioether (sulfide) groups is 1. The van der Waals surface area contributed by atoms with E-state index in [0.717, 1.165) is 19.5 Å². The predicted octanol–water partition coefficient (Wildman–Crippen LogP) is 2.52. The Morgan fingerprint density at radius 3 is 2.50 bits per heavy atom. The first-order valence-corrected chi connectivity index (χ1v) is 6.97. The highest BCUT2D eigenvalue weighted by Gasteiger charge is 2.03.